The average molecular weight is 442 g/mol. The maximum absolute atomic E-state index is 12.9. The van der Waals surface area contributed by atoms with Gasteiger partial charge in [0.05, 0.1) is 16.1 Å². The van der Waals surface area contributed by atoms with Crippen molar-refractivity contribution in [3.05, 3.63) is 63.2 Å². The summed E-state index contributed by atoms with van der Waals surface area (Å²) in [5.41, 5.74) is -1.11. The van der Waals surface area contributed by atoms with E-state index >= 15 is 0 Å². The van der Waals surface area contributed by atoms with Gasteiger partial charge in [-0.05, 0) is 56.0 Å². The molecule has 2 aromatic carbocycles. The van der Waals surface area contributed by atoms with Crippen LogP contribution in [0.2, 0.25) is 0 Å². The Hall–Kier alpha value is -3.75. The van der Waals surface area contributed by atoms with Crippen molar-refractivity contribution in [3.8, 4) is 11.1 Å². The van der Waals surface area contributed by atoms with Crippen molar-refractivity contribution in [1.29, 1.82) is 0 Å². The number of hydrogen-bond acceptors (Lipinski definition) is 6. The molecular weight excluding hydrogens is 416 g/mol. The fourth-order valence-corrected chi connectivity index (χ4v) is 2.88. The second-order valence-electron chi connectivity index (χ2n) is 8.66. The van der Waals surface area contributed by atoms with Crippen LogP contribution in [-0.2, 0) is 4.74 Å². The summed E-state index contributed by atoms with van der Waals surface area (Å²) >= 11 is 0. The summed E-state index contributed by atoms with van der Waals surface area (Å²) < 4.78 is 5.45. The summed E-state index contributed by atoms with van der Waals surface area (Å²) in [6.07, 6.45) is 0. The van der Waals surface area contributed by atoms with Crippen molar-refractivity contribution >= 4 is 23.5 Å². The summed E-state index contributed by atoms with van der Waals surface area (Å²) in [5.74, 6) is -2.31. The number of carboxylic acid groups (broad SMARTS) is 1. The van der Waals surface area contributed by atoms with Gasteiger partial charge in [0.2, 0.25) is 0 Å². The van der Waals surface area contributed by atoms with E-state index in [0.717, 1.165) is 12.1 Å². The number of carbonyl (C=O) groups is 3. The number of nitro groups is 1. The number of nitro benzene ring substituents is 1. The minimum atomic E-state index is -1.39. The number of carboxylic acids is 1. The molecule has 0 aliphatic rings. The van der Waals surface area contributed by atoms with Gasteiger partial charge in [0.15, 0.2) is 0 Å². The molecule has 0 radical (unpaired) electrons. The lowest BCUT2D eigenvalue weighted by Gasteiger charge is -2.21. The third kappa shape index (κ3) is 6.13. The van der Waals surface area contributed by atoms with Gasteiger partial charge in [-0.15, -0.1) is 0 Å². The molecule has 0 saturated heterocycles. The fraction of sp³-hybridized carbons (Fsp3) is 0.348. The lowest BCUT2D eigenvalue weighted by atomic mass is 9.93. The topological polar surface area (TPSA) is 136 Å². The number of amides is 1. The Kier molecular flexibility index (Phi) is 7.35. The molecule has 2 rings (SSSR count). The lowest BCUT2D eigenvalue weighted by Crippen LogP contribution is -2.28. The number of esters is 1. The largest absolute Gasteiger partial charge is 0.478 e. The Morgan fingerprint density at radius 1 is 1.06 bits per heavy atom. The third-order valence-corrected chi connectivity index (χ3v) is 4.31. The lowest BCUT2D eigenvalue weighted by molar-refractivity contribution is -0.384. The van der Waals surface area contributed by atoms with Crippen LogP contribution in [-0.4, -0.2) is 40.0 Å². The van der Waals surface area contributed by atoms with E-state index in [4.69, 9.17) is 4.74 Å². The zero-order valence-corrected chi connectivity index (χ0v) is 18.6. The quantitative estimate of drug-likeness (QED) is 0.370. The van der Waals surface area contributed by atoms with Crippen LogP contribution in [0, 0.1) is 16.0 Å². The van der Waals surface area contributed by atoms with E-state index in [2.05, 4.69) is 5.32 Å². The number of ether oxygens (including phenoxy) is 1. The summed E-state index contributed by atoms with van der Waals surface area (Å²) in [6.45, 7) is 9.36. The van der Waals surface area contributed by atoms with Gasteiger partial charge < -0.3 is 15.2 Å². The first kappa shape index (κ1) is 24.5. The number of nitrogens with zero attached hydrogens (tertiary/aromatic N) is 1. The summed E-state index contributed by atoms with van der Waals surface area (Å²) in [6, 6.07) is 7.60. The Morgan fingerprint density at radius 2 is 1.66 bits per heavy atom. The molecule has 0 aliphatic carbocycles. The number of nitrogens with one attached hydrogen (secondary N) is 1. The maximum Gasteiger partial charge on any atom is 0.339 e. The molecule has 0 atom stereocenters. The predicted octanol–water partition coefficient (Wildman–Crippen LogP) is 4.30. The van der Waals surface area contributed by atoms with Gasteiger partial charge in [0.1, 0.15) is 5.60 Å². The van der Waals surface area contributed by atoms with E-state index in [0.29, 0.717) is 6.54 Å². The summed E-state index contributed by atoms with van der Waals surface area (Å²) in [5, 5.41) is 23.5. The van der Waals surface area contributed by atoms with Crippen molar-refractivity contribution in [3.63, 3.8) is 0 Å². The van der Waals surface area contributed by atoms with Crippen LogP contribution < -0.4 is 5.32 Å². The second kappa shape index (κ2) is 9.59. The molecule has 0 spiro atoms. The highest BCUT2D eigenvalue weighted by Crippen LogP contribution is 2.32. The summed E-state index contributed by atoms with van der Waals surface area (Å²) in [4.78, 5) is 47.6. The number of carbonyl (C=O) groups excluding carboxylic acids is 2. The molecule has 32 heavy (non-hydrogen) atoms. The van der Waals surface area contributed by atoms with Crippen LogP contribution >= 0.6 is 0 Å². The van der Waals surface area contributed by atoms with E-state index in [1.165, 1.54) is 24.3 Å². The van der Waals surface area contributed by atoms with Crippen molar-refractivity contribution in [2.45, 2.75) is 40.2 Å². The van der Waals surface area contributed by atoms with Crippen LogP contribution in [0.3, 0.4) is 0 Å². The van der Waals surface area contributed by atoms with E-state index in [-0.39, 0.29) is 33.7 Å². The minimum absolute atomic E-state index is 0.0199. The van der Waals surface area contributed by atoms with E-state index in [1.807, 2.05) is 13.8 Å². The van der Waals surface area contributed by atoms with Gasteiger partial charge in [-0.3, -0.25) is 14.9 Å². The number of rotatable bonds is 7. The van der Waals surface area contributed by atoms with Gasteiger partial charge in [0, 0.05) is 24.2 Å². The van der Waals surface area contributed by atoms with Crippen LogP contribution in [0.1, 0.15) is 65.7 Å². The van der Waals surface area contributed by atoms with Crippen LogP contribution in [0.25, 0.3) is 11.1 Å². The monoisotopic (exact) mass is 442 g/mol. The maximum atomic E-state index is 12.9. The molecule has 0 fully saturated rings. The predicted molar refractivity (Wildman–Crippen MR) is 118 cm³/mol. The second-order valence-corrected chi connectivity index (χ2v) is 8.66. The third-order valence-electron chi connectivity index (χ3n) is 4.31. The molecule has 170 valence electrons. The normalized spacial score (nSPS) is 11.2. The van der Waals surface area contributed by atoms with Gasteiger partial charge in [0.25, 0.3) is 11.6 Å². The minimum Gasteiger partial charge on any atom is -0.478 e. The van der Waals surface area contributed by atoms with E-state index in [9.17, 15) is 29.6 Å². The molecule has 9 nitrogen and oxygen atoms in total. The fourth-order valence-electron chi connectivity index (χ4n) is 2.88. The standard InChI is InChI=1S/C23H26N2O7/c1-13(2)12-24-20(26)14-6-8-17(19(10-14)22(29)32-23(3,4)5)16-9-7-15(25(30)31)11-18(16)21(27)28/h6-11,13H,12H2,1-5H3,(H,24,26)(H,27,28). The molecule has 2 N–H and O–H groups in total. The zero-order valence-electron chi connectivity index (χ0n) is 18.6. The molecule has 0 aromatic heterocycles. The molecule has 0 bridgehead atoms. The molecule has 9 heteroatoms. The van der Waals surface area contributed by atoms with Crippen LogP contribution in [0.15, 0.2) is 36.4 Å². The van der Waals surface area contributed by atoms with E-state index < -0.39 is 34.1 Å². The van der Waals surface area contributed by atoms with Crippen molar-refractivity contribution in [2.75, 3.05) is 6.54 Å². The Labute approximate surface area is 185 Å². The Bertz CT molecular complexity index is 1070. The first-order valence-electron chi connectivity index (χ1n) is 9.98. The SMILES string of the molecule is CC(C)CNC(=O)c1ccc(-c2ccc([N+](=O)[O-])cc2C(=O)O)c(C(=O)OC(C)(C)C)c1. The molecule has 0 saturated carbocycles. The molecule has 1 amide bonds. The van der Waals surface area contributed by atoms with Crippen LogP contribution in [0.4, 0.5) is 5.69 Å². The van der Waals surface area contributed by atoms with Gasteiger partial charge in [-0.2, -0.15) is 0 Å². The summed E-state index contributed by atoms with van der Waals surface area (Å²) in [7, 11) is 0. The Balaban J connectivity index is 2.66. The number of aromatic carboxylic acids is 1. The highest BCUT2D eigenvalue weighted by Gasteiger charge is 2.25. The first-order chi connectivity index (χ1) is 14.8. The Morgan fingerprint density at radius 3 is 2.19 bits per heavy atom. The zero-order chi connectivity index (χ0) is 24.2. The van der Waals surface area contributed by atoms with Gasteiger partial charge in [-0.1, -0.05) is 19.9 Å². The first-order valence-corrected chi connectivity index (χ1v) is 9.98. The number of benzene rings is 2. The highest BCUT2D eigenvalue weighted by molar-refractivity contribution is 6.05. The number of non-ortho nitro benzene ring substituents is 1. The van der Waals surface area contributed by atoms with Gasteiger partial charge in [-0.25, -0.2) is 9.59 Å². The van der Waals surface area contributed by atoms with Crippen LogP contribution in [0.5, 0.6) is 0 Å². The average Bonchev–Trinajstić information content (AvgIpc) is 2.69. The van der Waals surface area contributed by atoms with Crippen molar-refractivity contribution < 1.29 is 29.2 Å². The molecule has 0 heterocycles. The number of hydrogen-bond donors (Lipinski definition) is 2. The van der Waals surface area contributed by atoms with E-state index in [1.54, 1.807) is 20.8 Å². The highest BCUT2D eigenvalue weighted by atomic mass is 16.6. The molecular formula is C23H26N2O7. The molecule has 0 aliphatic heterocycles. The van der Waals surface area contributed by atoms with Gasteiger partial charge >= 0.3 is 11.9 Å². The van der Waals surface area contributed by atoms with Crippen molar-refractivity contribution in [1.82, 2.24) is 5.32 Å². The van der Waals surface area contributed by atoms with Crippen molar-refractivity contribution in [2.24, 2.45) is 5.92 Å². The molecule has 0 unspecified atom stereocenters. The molecule has 2 aromatic rings. The smallest absolute Gasteiger partial charge is 0.339 e.